The van der Waals surface area contributed by atoms with Gasteiger partial charge in [0.2, 0.25) is 5.91 Å². The molecule has 1 amide bonds. The number of rotatable bonds is 2. The van der Waals surface area contributed by atoms with Crippen LogP contribution in [0.2, 0.25) is 0 Å². The maximum absolute atomic E-state index is 12.3. The van der Waals surface area contributed by atoms with E-state index in [9.17, 15) is 4.79 Å². The summed E-state index contributed by atoms with van der Waals surface area (Å²) in [5.41, 5.74) is 0.846. The molecule has 3 heteroatoms. The summed E-state index contributed by atoms with van der Waals surface area (Å²) in [4.78, 5) is 14.3. The third-order valence-corrected chi connectivity index (χ3v) is 4.22. The Kier molecular flexibility index (Phi) is 2.86. The largest absolute Gasteiger partial charge is 0.353 e. The first-order valence-electron chi connectivity index (χ1n) is 6.78. The Morgan fingerprint density at radius 2 is 2.17 bits per heavy atom. The standard InChI is InChI=1S/C15H19NO2/c1-2-15-10-6-9-14(17)16(15)13(11-18-15)12-7-4-3-5-8-12/h3-5,7-8,13H,2,6,9-11H2,1H3/t13-,15-/m1/s1. The molecule has 18 heavy (non-hydrogen) atoms. The summed E-state index contributed by atoms with van der Waals surface area (Å²) in [5, 5.41) is 0. The van der Waals surface area contributed by atoms with Crippen molar-refractivity contribution in [2.45, 2.75) is 44.4 Å². The molecule has 2 atom stereocenters. The van der Waals surface area contributed by atoms with Crippen LogP contribution in [0.3, 0.4) is 0 Å². The van der Waals surface area contributed by atoms with E-state index in [1.54, 1.807) is 0 Å². The molecule has 0 aliphatic carbocycles. The van der Waals surface area contributed by atoms with E-state index < -0.39 is 0 Å². The molecule has 0 unspecified atom stereocenters. The van der Waals surface area contributed by atoms with Crippen LogP contribution in [0, 0.1) is 0 Å². The Morgan fingerprint density at radius 1 is 1.39 bits per heavy atom. The number of nitrogens with zero attached hydrogens (tertiary/aromatic N) is 1. The fourth-order valence-electron chi connectivity index (χ4n) is 3.26. The van der Waals surface area contributed by atoms with Crippen LogP contribution in [0.4, 0.5) is 0 Å². The van der Waals surface area contributed by atoms with E-state index in [4.69, 9.17) is 4.74 Å². The van der Waals surface area contributed by atoms with Gasteiger partial charge in [0.15, 0.2) is 0 Å². The molecule has 2 saturated heterocycles. The van der Waals surface area contributed by atoms with E-state index in [0.717, 1.165) is 19.3 Å². The molecule has 0 saturated carbocycles. The van der Waals surface area contributed by atoms with Crippen LogP contribution in [0.1, 0.15) is 44.2 Å². The summed E-state index contributed by atoms with van der Waals surface area (Å²) in [7, 11) is 0. The number of carbonyl (C=O) groups excluding carboxylic acids is 1. The molecule has 0 aromatic heterocycles. The zero-order chi connectivity index (χ0) is 12.6. The zero-order valence-electron chi connectivity index (χ0n) is 10.8. The van der Waals surface area contributed by atoms with Gasteiger partial charge in [-0.05, 0) is 24.8 Å². The first-order valence-corrected chi connectivity index (χ1v) is 6.78. The molecule has 2 aliphatic heterocycles. The molecule has 0 N–H and O–H groups in total. The maximum atomic E-state index is 12.3. The van der Waals surface area contributed by atoms with E-state index in [0.29, 0.717) is 13.0 Å². The lowest BCUT2D eigenvalue weighted by atomic mass is 9.93. The van der Waals surface area contributed by atoms with Gasteiger partial charge >= 0.3 is 0 Å². The maximum Gasteiger partial charge on any atom is 0.225 e. The second kappa shape index (κ2) is 4.39. The van der Waals surface area contributed by atoms with Gasteiger partial charge in [0.05, 0.1) is 12.6 Å². The summed E-state index contributed by atoms with van der Waals surface area (Å²) in [6, 6.07) is 10.3. The Labute approximate surface area is 108 Å². The van der Waals surface area contributed by atoms with Crippen molar-refractivity contribution in [3.63, 3.8) is 0 Å². The predicted molar refractivity (Wildman–Crippen MR) is 68.9 cm³/mol. The van der Waals surface area contributed by atoms with Crippen LogP contribution in [-0.2, 0) is 9.53 Å². The van der Waals surface area contributed by atoms with E-state index in [1.165, 1.54) is 5.56 Å². The van der Waals surface area contributed by atoms with Crippen LogP contribution in [-0.4, -0.2) is 23.1 Å². The number of hydrogen-bond acceptors (Lipinski definition) is 2. The smallest absolute Gasteiger partial charge is 0.225 e. The van der Waals surface area contributed by atoms with Gasteiger partial charge in [-0.3, -0.25) is 4.79 Å². The van der Waals surface area contributed by atoms with Crippen molar-refractivity contribution in [1.82, 2.24) is 4.90 Å². The molecular formula is C15H19NO2. The minimum absolute atomic E-state index is 0.0962. The number of fused-ring (bicyclic) bond motifs is 1. The van der Waals surface area contributed by atoms with Gasteiger partial charge in [-0.25, -0.2) is 0 Å². The Balaban J connectivity index is 1.96. The number of amides is 1. The second-order valence-electron chi connectivity index (χ2n) is 5.15. The monoisotopic (exact) mass is 245 g/mol. The minimum Gasteiger partial charge on any atom is -0.353 e. The molecule has 0 spiro atoms. The molecule has 1 aromatic carbocycles. The van der Waals surface area contributed by atoms with Gasteiger partial charge in [-0.15, -0.1) is 0 Å². The fraction of sp³-hybridized carbons (Fsp3) is 0.533. The fourth-order valence-corrected chi connectivity index (χ4v) is 3.26. The summed E-state index contributed by atoms with van der Waals surface area (Å²) in [5.74, 6) is 0.245. The van der Waals surface area contributed by atoms with Crippen molar-refractivity contribution in [1.29, 1.82) is 0 Å². The number of ether oxygens (including phenoxy) is 1. The molecule has 2 fully saturated rings. The Bertz CT molecular complexity index is 445. The summed E-state index contributed by atoms with van der Waals surface area (Å²) >= 11 is 0. The highest BCUT2D eigenvalue weighted by atomic mass is 16.5. The molecular weight excluding hydrogens is 226 g/mol. The summed E-state index contributed by atoms with van der Waals surface area (Å²) in [6.07, 6.45) is 3.46. The van der Waals surface area contributed by atoms with Gasteiger partial charge in [-0.2, -0.15) is 0 Å². The third-order valence-electron chi connectivity index (χ3n) is 4.22. The van der Waals surface area contributed by atoms with E-state index >= 15 is 0 Å². The highest BCUT2D eigenvalue weighted by molar-refractivity contribution is 5.78. The third kappa shape index (κ3) is 1.65. The molecule has 96 valence electrons. The molecule has 0 radical (unpaired) electrons. The Hall–Kier alpha value is -1.35. The van der Waals surface area contributed by atoms with Crippen molar-refractivity contribution in [3.8, 4) is 0 Å². The number of piperidine rings is 1. The quantitative estimate of drug-likeness (QED) is 0.801. The number of benzene rings is 1. The van der Waals surface area contributed by atoms with Crippen LogP contribution >= 0.6 is 0 Å². The van der Waals surface area contributed by atoms with Gasteiger partial charge < -0.3 is 9.64 Å². The molecule has 3 rings (SSSR count). The highest BCUT2D eigenvalue weighted by Gasteiger charge is 2.50. The summed E-state index contributed by atoms with van der Waals surface area (Å²) in [6.45, 7) is 2.74. The predicted octanol–water partition coefficient (Wildman–Crippen LogP) is 2.88. The van der Waals surface area contributed by atoms with Crippen molar-refractivity contribution in [2.24, 2.45) is 0 Å². The average molecular weight is 245 g/mol. The van der Waals surface area contributed by atoms with Gasteiger partial charge in [0.1, 0.15) is 5.72 Å². The van der Waals surface area contributed by atoms with Gasteiger partial charge in [-0.1, -0.05) is 37.3 Å². The van der Waals surface area contributed by atoms with Crippen LogP contribution in [0.5, 0.6) is 0 Å². The van der Waals surface area contributed by atoms with E-state index in [1.807, 2.05) is 23.1 Å². The lowest BCUT2D eigenvalue weighted by Crippen LogP contribution is -2.51. The minimum atomic E-state index is -0.337. The second-order valence-corrected chi connectivity index (χ2v) is 5.15. The van der Waals surface area contributed by atoms with Crippen LogP contribution in [0.25, 0.3) is 0 Å². The molecule has 0 bridgehead atoms. The van der Waals surface area contributed by atoms with E-state index in [-0.39, 0.29) is 17.7 Å². The van der Waals surface area contributed by atoms with Crippen LogP contribution < -0.4 is 0 Å². The molecule has 2 heterocycles. The van der Waals surface area contributed by atoms with Crippen LogP contribution in [0.15, 0.2) is 30.3 Å². The zero-order valence-corrected chi connectivity index (χ0v) is 10.8. The Morgan fingerprint density at radius 3 is 2.89 bits per heavy atom. The average Bonchev–Trinajstić information content (AvgIpc) is 2.81. The molecule has 2 aliphatic rings. The number of carbonyl (C=O) groups is 1. The van der Waals surface area contributed by atoms with Gasteiger partial charge in [0.25, 0.3) is 0 Å². The van der Waals surface area contributed by atoms with Crippen molar-refractivity contribution in [3.05, 3.63) is 35.9 Å². The SMILES string of the molecule is CC[C@@]12CCCC(=O)N1[C@@H](c1ccccc1)CO2. The normalized spacial score (nSPS) is 31.5. The molecule has 3 nitrogen and oxygen atoms in total. The molecule has 1 aromatic rings. The lowest BCUT2D eigenvalue weighted by molar-refractivity contribution is -0.161. The highest BCUT2D eigenvalue weighted by Crippen LogP contribution is 2.44. The first-order chi connectivity index (χ1) is 8.77. The lowest BCUT2D eigenvalue weighted by Gasteiger charge is -2.42. The van der Waals surface area contributed by atoms with Crippen molar-refractivity contribution < 1.29 is 9.53 Å². The number of hydrogen-bond donors (Lipinski definition) is 0. The van der Waals surface area contributed by atoms with Crippen molar-refractivity contribution >= 4 is 5.91 Å². The van der Waals surface area contributed by atoms with E-state index in [2.05, 4.69) is 19.1 Å². The summed E-state index contributed by atoms with van der Waals surface area (Å²) < 4.78 is 6.04. The first kappa shape index (κ1) is 11.7. The topological polar surface area (TPSA) is 29.5 Å². The van der Waals surface area contributed by atoms with Gasteiger partial charge in [0, 0.05) is 6.42 Å². The van der Waals surface area contributed by atoms with Crippen molar-refractivity contribution in [2.75, 3.05) is 6.61 Å².